The van der Waals surface area contributed by atoms with Gasteiger partial charge in [-0.25, -0.2) is 8.78 Å². The molecule has 0 saturated carbocycles. The fourth-order valence-corrected chi connectivity index (χ4v) is 1.80. The van der Waals surface area contributed by atoms with Crippen LogP contribution in [0, 0.1) is 11.6 Å². The fraction of sp³-hybridized carbons (Fsp3) is 0.143. The number of carboxylic acid groups (broad SMARTS) is 1. The second-order valence-corrected chi connectivity index (χ2v) is 4.10. The van der Waals surface area contributed by atoms with Crippen LogP contribution in [0.5, 0.6) is 0 Å². The Morgan fingerprint density at radius 1 is 1.21 bits per heavy atom. The molecule has 5 heteroatoms. The molecule has 0 bridgehead atoms. The highest BCUT2D eigenvalue weighted by molar-refractivity contribution is 5.75. The van der Waals surface area contributed by atoms with Crippen molar-refractivity contribution in [1.29, 1.82) is 0 Å². The smallest absolute Gasteiger partial charge is 0.312 e. The van der Waals surface area contributed by atoms with Gasteiger partial charge >= 0.3 is 5.97 Å². The maximum atomic E-state index is 13.1. The van der Waals surface area contributed by atoms with Gasteiger partial charge in [-0.05, 0) is 36.2 Å². The summed E-state index contributed by atoms with van der Waals surface area (Å²) in [5.41, 5.74) is 0.802. The lowest BCUT2D eigenvalue weighted by atomic mass is 9.95. The molecule has 19 heavy (non-hydrogen) atoms. The Morgan fingerprint density at radius 3 is 2.58 bits per heavy atom. The lowest BCUT2D eigenvalue weighted by molar-refractivity contribution is -0.138. The van der Waals surface area contributed by atoms with Gasteiger partial charge in [0.05, 0.1) is 5.69 Å². The van der Waals surface area contributed by atoms with Crippen LogP contribution in [0.3, 0.4) is 0 Å². The molecule has 0 aliphatic rings. The third-order valence-electron chi connectivity index (χ3n) is 2.77. The predicted octanol–water partition coefficient (Wildman–Crippen LogP) is 2.77. The Labute approximate surface area is 108 Å². The first-order chi connectivity index (χ1) is 9.08. The Bertz CT molecular complexity index is 587. The number of carbonyl (C=O) groups is 1. The molecule has 0 amide bonds. The van der Waals surface area contributed by atoms with Crippen LogP contribution in [-0.2, 0) is 11.2 Å². The Hall–Kier alpha value is -2.30. The molecule has 1 N–H and O–H groups in total. The molecule has 0 saturated heterocycles. The third-order valence-corrected chi connectivity index (χ3v) is 2.77. The first-order valence-electron chi connectivity index (χ1n) is 5.65. The van der Waals surface area contributed by atoms with Gasteiger partial charge in [-0.15, -0.1) is 0 Å². The maximum Gasteiger partial charge on any atom is 0.312 e. The number of carboxylic acids is 1. The minimum absolute atomic E-state index is 0.0591. The summed E-state index contributed by atoms with van der Waals surface area (Å²) in [7, 11) is 0. The number of pyridine rings is 1. The average Bonchev–Trinajstić information content (AvgIpc) is 2.40. The quantitative estimate of drug-likeness (QED) is 0.922. The van der Waals surface area contributed by atoms with E-state index in [1.165, 1.54) is 12.3 Å². The molecule has 1 unspecified atom stereocenters. The fourth-order valence-electron chi connectivity index (χ4n) is 1.80. The van der Waals surface area contributed by atoms with E-state index in [0.29, 0.717) is 11.3 Å². The highest BCUT2D eigenvalue weighted by Gasteiger charge is 2.21. The van der Waals surface area contributed by atoms with Gasteiger partial charge in [0.1, 0.15) is 5.92 Å². The van der Waals surface area contributed by atoms with Crippen LogP contribution >= 0.6 is 0 Å². The topological polar surface area (TPSA) is 50.2 Å². The first-order valence-corrected chi connectivity index (χ1v) is 5.65. The zero-order chi connectivity index (χ0) is 13.8. The summed E-state index contributed by atoms with van der Waals surface area (Å²) in [6.45, 7) is 0. The lowest BCUT2D eigenvalue weighted by Crippen LogP contribution is -2.15. The lowest BCUT2D eigenvalue weighted by Gasteiger charge is -2.11. The van der Waals surface area contributed by atoms with Crippen molar-refractivity contribution >= 4 is 5.97 Å². The van der Waals surface area contributed by atoms with E-state index < -0.39 is 23.5 Å². The normalized spacial score (nSPS) is 12.1. The molecule has 1 heterocycles. The summed E-state index contributed by atoms with van der Waals surface area (Å²) < 4.78 is 25.9. The zero-order valence-electron chi connectivity index (χ0n) is 9.88. The van der Waals surface area contributed by atoms with Crippen LogP contribution in [0.4, 0.5) is 8.78 Å². The average molecular weight is 263 g/mol. The largest absolute Gasteiger partial charge is 0.481 e. The number of hydrogen-bond acceptors (Lipinski definition) is 2. The van der Waals surface area contributed by atoms with E-state index in [-0.39, 0.29) is 6.42 Å². The van der Waals surface area contributed by atoms with Gasteiger partial charge in [0, 0.05) is 6.20 Å². The zero-order valence-corrected chi connectivity index (χ0v) is 9.88. The minimum atomic E-state index is -1.05. The first kappa shape index (κ1) is 13.1. The van der Waals surface area contributed by atoms with Crippen LogP contribution < -0.4 is 0 Å². The van der Waals surface area contributed by atoms with E-state index in [9.17, 15) is 18.7 Å². The molecule has 98 valence electrons. The molecule has 0 aliphatic heterocycles. The summed E-state index contributed by atoms with van der Waals surface area (Å²) in [6, 6.07) is 8.33. The highest BCUT2D eigenvalue weighted by Crippen LogP contribution is 2.20. The number of aromatic nitrogens is 1. The third kappa shape index (κ3) is 3.13. The molecule has 0 aliphatic carbocycles. The molecule has 2 rings (SSSR count). The molecule has 0 fully saturated rings. The molecule has 3 nitrogen and oxygen atoms in total. The van der Waals surface area contributed by atoms with Gasteiger partial charge in [-0.3, -0.25) is 9.78 Å². The number of halogens is 2. The SMILES string of the molecule is O=C(O)C(Cc1ccc(F)c(F)c1)c1ccccn1. The van der Waals surface area contributed by atoms with Crippen molar-refractivity contribution < 1.29 is 18.7 Å². The van der Waals surface area contributed by atoms with Crippen molar-refractivity contribution in [3.63, 3.8) is 0 Å². The number of benzene rings is 1. The monoisotopic (exact) mass is 263 g/mol. The van der Waals surface area contributed by atoms with Gasteiger partial charge in [0.2, 0.25) is 0 Å². The van der Waals surface area contributed by atoms with Crippen molar-refractivity contribution in [1.82, 2.24) is 4.98 Å². The van der Waals surface area contributed by atoms with Crippen LogP contribution in [0.25, 0.3) is 0 Å². The van der Waals surface area contributed by atoms with Crippen molar-refractivity contribution in [2.75, 3.05) is 0 Å². The molecular formula is C14H11F2NO2. The van der Waals surface area contributed by atoms with E-state index in [1.807, 2.05) is 0 Å². The van der Waals surface area contributed by atoms with Crippen LogP contribution in [0.15, 0.2) is 42.6 Å². The van der Waals surface area contributed by atoms with Gasteiger partial charge in [0.15, 0.2) is 11.6 Å². The second kappa shape index (κ2) is 5.56. The maximum absolute atomic E-state index is 13.1. The predicted molar refractivity (Wildman–Crippen MR) is 64.7 cm³/mol. The summed E-state index contributed by atoms with van der Waals surface area (Å²) in [5, 5.41) is 9.20. The van der Waals surface area contributed by atoms with Crippen molar-refractivity contribution in [2.24, 2.45) is 0 Å². The summed E-state index contributed by atoms with van der Waals surface area (Å²) in [6.07, 6.45) is 1.56. The molecule has 0 radical (unpaired) electrons. The van der Waals surface area contributed by atoms with Crippen LogP contribution in [0.1, 0.15) is 17.2 Å². The van der Waals surface area contributed by atoms with Crippen molar-refractivity contribution in [3.8, 4) is 0 Å². The van der Waals surface area contributed by atoms with Crippen LogP contribution in [-0.4, -0.2) is 16.1 Å². The molecule has 1 aromatic heterocycles. The number of nitrogens with zero attached hydrogens (tertiary/aromatic N) is 1. The summed E-state index contributed by atoms with van der Waals surface area (Å²) >= 11 is 0. The minimum Gasteiger partial charge on any atom is -0.481 e. The number of aliphatic carboxylic acids is 1. The Kier molecular flexibility index (Phi) is 3.85. The van der Waals surface area contributed by atoms with E-state index in [4.69, 9.17) is 0 Å². The highest BCUT2D eigenvalue weighted by atomic mass is 19.2. The Morgan fingerprint density at radius 2 is 2.00 bits per heavy atom. The summed E-state index contributed by atoms with van der Waals surface area (Å²) in [5.74, 6) is -3.87. The van der Waals surface area contributed by atoms with E-state index in [2.05, 4.69) is 4.98 Å². The second-order valence-electron chi connectivity index (χ2n) is 4.10. The van der Waals surface area contributed by atoms with E-state index in [0.717, 1.165) is 12.1 Å². The molecule has 1 aromatic carbocycles. The van der Waals surface area contributed by atoms with Gasteiger partial charge in [0.25, 0.3) is 0 Å². The van der Waals surface area contributed by atoms with E-state index in [1.54, 1.807) is 18.2 Å². The summed E-state index contributed by atoms with van der Waals surface area (Å²) in [4.78, 5) is 15.2. The van der Waals surface area contributed by atoms with Gasteiger partial charge < -0.3 is 5.11 Å². The van der Waals surface area contributed by atoms with E-state index >= 15 is 0 Å². The van der Waals surface area contributed by atoms with Crippen molar-refractivity contribution in [3.05, 3.63) is 65.5 Å². The molecular weight excluding hydrogens is 252 g/mol. The standard InChI is InChI=1S/C14H11F2NO2/c15-11-5-4-9(8-12(11)16)7-10(14(18)19)13-3-1-2-6-17-13/h1-6,8,10H,7H2,(H,18,19). The Balaban J connectivity index is 2.27. The molecule has 1 atom stereocenters. The van der Waals surface area contributed by atoms with Crippen molar-refractivity contribution in [2.45, 2.75) is 12.3 Å². The molecule has 2 aromatic rings. The number of hydrogen-bond donors (Lipinski definition) is 1. The van der Waals surface area contributed by atoms with Gasteiger partial charge in [-0.2, -0.15) is 0 Å². The number of rotatable bonds is 4. The molecule has 0 spiro atoms. The van der Waals surface area contributed by atoms with Crippen LogP contribution in [0.2, 0.25) is 0 Å². The van der Waals surface area contributed by atoms with Gasteiger partial charge in [-0.1, -0.05) is 12.1 Å².